The van der Waals surface area contributed by atoms with E-state index in [0.717, 1.165) is 59.9 Å². The molecule has 7 N–H and O–H groups in total. The van der Waals surface area contributed by atoms with Gasteiger partial charge in [0.15, 0.2) is 0 Å². The maximum Gasteiger partial charge on any atom is 0.416 e. The first kappa shape index (κ1) is 81.1. The standard InChI is InChI=1S/C16H11F3N2O4.C16H11IN2O3.C15H11IN2O4.C14H8IN3O4S.C14H9IN2O3/c17-16(18,19)9-2-1-3-10(6-9)21-15(24)13(14(23)20-21)7-11-4-5-12(8-22)25-11;17-11-6-8-12(9-7-11)19-16(21)14(15(20)18-19)5-1-3-13-4-2-10-22-13;16-9-1-3-10(4-2-9)18-15(21)13(14(20)17-18)7-11-5-6-12(8-19)22-11;15-8-1-3-9(4-2-8)17-14(20)11(13(19)16-17)7-10-5-6-12(23-10)18(21)22;15-10-1-3-11(4-2-10)17-14(19)12(13(18)16-17)7-9-5-6-20-8-9/h1-7,22H,8H2,(H,20,23);1-10H,(H,18,20);1-7,19H,8H2,(H,17,20);1-7H,(H,16,19);1-8H,(H,16,18). The summed E-state index contributed by atoms with van der Waals surface area (Å²) in [5.41, 5.74) is 14.1. The van der Waals surface area contributed by atoms with Crippen molar-refractivity contribution >= 4 is 225 Å². The van der Waals surface area contributed by atoms with Gasteiger partial charge in [0.25, 0.3) is 59.1 Å². The van der Waals surface area contributed by atoms with Crippen molar-refractivity contribution in [3.05, 3.63) is 304 Å². The van der Waals surface area contributed by atoms with Crippen LogP contribution in [0, 0.1) is 24.4 Å². The zero-order valence-corrected chi connectivity index (χ0v) is 66.0. The number of nitrogens with one attached hydrogen (secondary N) is 5. The topological polar surface area (TPSA) is 383 Å². The van der Waals surface area contributed by atoms with Gasteiger partial charge in [0.2, 0.25) is 0 Å². The van der Waals surface area contributed by atoms with Crippen molar-refractivity contribution in [2.45, 2.75) is 19.4 Å². The Kier molecular flexibility index (Phi) is 26.3. The molecule has 568 valence electrons. The molecule has 5 aliphatic heterocycles. The van der Waals surface area contributed by atoms with E-state index < -0.39 is 63.9 Å². The number of halogens is 7. The zero-order valence-electron chi connectivity index (χ0n) is 56.6. The second-order valence-corrected chi connectivity index (χ2v) is 29.0. The van der Waals surface area contributed by atoms with Gasteiger partial charge in [-0.2, -0.15) is 13.2 Å². The van der Waals surface area contributed by atoms with Crippen LogP contribution in [-0.2, 0) is 67.3 Å². The van der Waals surface area contributed by atoms with E-state index >= 15 is 0 Å². The van der Waals surface area contributed by atoms with Crippen LogP contribution in [0.4, 0.5) is 46.6 Å². The number of alkyl halides is 3. The summed E-state index contributed by atoms with van der Waals surface area (Å²) in [6, 6.07) is 47.1. The molecule has 5 aromatic carbocycles. The Bertz CT molecular complexity index is 5510. The number of nitro groups is 1. The fourth-order valence-electron chi connectivity index (χ4n) is 10.1. The summed E-state index contributed by atoms with van der Waals surface area (Å²) < 4.78 is 63.0. The molecule has 10 aromatic rings. The number of allylic oxidation sites excluding steroid dienone is 2. The smallest absolute Gasteiger partial charge is 0.416 e. The molecule has 0 saturated carbocycles. The first-order valence-corrected chi connectivity index (χ1v) is 37.2. The van der Waals surface area contributed by atoms with Gasteiger partial charge in [-0.15, -0.1) is 0 Å². The third-order valence-corrected chi connectivity index (χ3v) is 19.3. The highest BCUT2D eigenvalue weighted by Crippen LogP contribution is 2.34. The second-order valence-electron chi connectivity index (χ2n) is 23.0. The molecule has 15 rings (SSSR count). The minimum Gasteiger partial charge on any atom is -0.472 e. The van der Waals surface area contributed by atoms with Crippen LogP contribution in [0.5, 0.6) is 0 Å². The maximum atomic E-state index is 12.8. The highest BCUT2D eigenvalue weighted by Gasteiger charge is 2.40. The largest absolute Gasteiger partial charge is 0.472 e. The molecule has 10 heterocycles. The lowest BCUT2D eigenvalue weighted by atomic mass is 10.1. The number of amides is 10. The quantitative estimate of drug-likeness (QED) is 0.0175. The summed E-state index contributed by atoms with van der Waals surface area (Å²) in [5.74, 6) is -3.40. The van der Waals surface area contributed by atoms with E-state index in [2.05, 4.69) is 117 Å². The SMILES string of the molecule is O=C1NN(c2ccc(I)cc2)C(=O)C1=CC=Cc1ccco1.O=C1NN(c2ccc(I)cc2)C(=O)C1=Cc1ccc(CO)o1.O=C1NN(c2ccc(I)cc2)C(=O)C1=Cc1ccc([N+](=O)[O-])s1.O=C1NN(c2ccc(I)cc2)C(=O)C1=Cc1ccoc1.O=C1NN(c2cccc(C(F)(F)F)c2)C(=O)C1=Cc1ccc(CO)o1. The van der Waals surface area contributed by atoms with Crippen molar-refractivity contribution in [2.75, 3.05) is 25.0 Å². The number of hydrazine groups is 5. The van der Waals surface area contributed by atoms with Gasteiger partial charge in [-0.3, -0.25) is 85.2 Å². The summed E-state index contributed by atoms with van der Waals surface area (Å²) in [6.45, 7) is -0.586. The highest BCUT2D eigenvalue weighted by atomic mass is 127. The first-order chi connectivity index (χ1) is 53.6. The summed E-state index contributed by atoms with van der Waals surface area (Å²) in [6.07, 6.45) is 10.1. The number of thiophene rings is 1. The van der Waals surface area contributed by atoms with Crippen molar-refractivity contribution in [1.82, 2.24) is 27.1 Å². The Balaban J connectivity index is 0.000000139. The van der Waals surface area contributed by atoms with E-state index in [4.69, 9.17) is 27.9 Å². The fourth-order valence-corrected chi connectivity index (χ4v) is 12.3. The molecule has 0 aliphatic carbocycles. The van der Waals surface area contributed by atoms with Crippen molar-refractivity contribution in [2.24, 2.45) is 0 Å². The monoisotopic (exact) mass is 1990 g/mol. The van der Waals surface area contributed by atoms with Gasteiger partial charge in [0, 0.05) is 30.8 Å². The fraction of sp³-hybridized carbons (Fsp3) is 0.0400. The third kappa shape index (κ3) is 20.0. The van der Waals surface area contributed by atoms with Crippen molar-refractivity contribution in [3.63, 3.8) is 0 Å². The van der Waals surface area contributed by atoms with Gasteiger partial charge in [-0.05, 0) is 291 Å². The molecular formula is C75H50F3I4N11O18S. The number of carbonyl (C=O) groups excluding carboxylic acids is 10. The number of aliphatic hydroxyl groups excluding tert-OH is 2. The molecule has 29 nitrogen and oxygen atoms in total. The molecule has 5 saturated heterocycles. The number of carbonyl (C=O) groups is 10. The predicted octanol–water partition coefficient (Wildman–Crippen LogP) is 12.1. The lowest BCUT2D eigenvalue weighted by molar-refractivity contribution is -0.380. The van der Waals surface area contributed by atoms with Gasteiger partial charge in [-0.25, -0.2) is 25.0 Å². The van der Waals surface area contributed by atoms with Gasteiger partial charge in [-0.1, -0.05) is 23.5 Å². The summed E-state index contributed by atoms with van der Waals surface area (Å²) >= 11 is 9.55. The number of benzene rings is 5. The van der Waals surface area contributed by atoms with Gasteiger partial charge >= 0.3 is 11.2 Å². The lowest BCUT2D eigenvalue weighted by Crippen LogP contribution is -2.35. The van der Waals surface area contributed by atoms with Crippen LogP contribution in [0.1, 0.15) is 44.8 Å². The number of nitrogens with zero attached hydrogens (tertiary/aromatic N) is 6. The normalized spacial score (nSPS) is 16.5. The minimum absolute atomic E-state index is 0.0163. The van der Waals surface area contributed by atoms with Crippen LogP contribution in [0.25, 0.3) is 30.4 Å². The first-order valence-electron chi connectivity index (χ1n) is 32.0. The molecule has 0 bridgehead atoms. The van der Waals surface area contributed by atoms with Crippen molar-refractivity contribution in [1.29, 1.82) is 0 Å². The van der Waals surface area contributed by atoms with Crippen LogP contribution in [0.15, 0.2) is 252 Å². The predicted molar refractivity (Wildman–Crippen MR) is 433 cm³/mol. The van der Waals surface area contributed by atoms with Gasteiger partial charge in [0.1, 0.15) is 69.9 Å². The molecule has 112 heavy (non-hydrogen) atoms. The summed E-state index contributed by atoms with van der Waals surface area (Å²) in [4.78, 5) is 132. The van der Waals surface area contributed by atoms with E-state index in [1.54, 1.807) is 97.3 Å². The van der Waals surface area contributed by atoms with Crippen LogP contribution in [0.3, 0.4) is 0 Å². The van der Waals surface area contributed by atoms with E-state index in [1.807, 2.05) is 48.5 Å². The molecule has 5 aliphatic rings. The summed E-state index contributed by atoms with van der Waals surface area (Å²) in [7, 11) is 0. The lowest BCUT2D eigenvalue weighted by Gasteiger charge is -2.16. The van der Waals surface area contributed by atoms with Crippen molar-refractivity contribution < 1.29 is 93.9 Å². The van der Waals surface area contributed by atoms with Crippen LogP contribution < -0.4 is 52.2 Å². The molecule has 0 spiro atoms. The number of furan rings is 4. The molecule has 0 radical (unpaired) electrons. The number of aliphatic hydroxyl groups is 2. The Morgan fingerprint density at radius 3 is 1.21 bits per heavy atom. The zero-order chi connectivity index (χ0) is 80.1. The molecule has 5 aromatic heterocycles. The Labute approximate surface area is 688 Å². The Hall–Kier alpha value is -11.9. The molecular weight excluding hydrogens is 1940 g/mol. The van der Waals surface area contributed by atoms with E-state index in [1.165, 1.54) is 82.2 Å². The third-order valence-electron chi connectivity index (χ3n) is 15.5. The van der Waals surface area contributed by atoms with Gasteiger partial charge < -0.3 is 27.9 Å². The van der Waals surface area contributed by atoms with Crippen LogP contribution >= 0.6 is 102 Å². The van der Waals surface area contributed by atoms with Gasteiger partial charge in [0.05, 0.1) is 57.7 Å². The highest BCUT2D eigenvalue weighted by molar-refractivity contribution is 14.1. The number of hydrogen-bond acceptors (Lipinski definition) is 19. The number of anilines is 5. The summed E-state index contributed by atoms with van der Waals surface area (Å²) in [5, 5.41) is 34.1. The molecule has 0 unspecified atom stereocenters. The molecule has 10 amide bonds. The Morgan fingerprint density at radius 2 is 0.848 bits per heavy atom. The molecule has 0 atom stereocenters. The number of rotatable bonds is 14. The molecule has 5 fully saturated rings. The maximum absolute atomic E-state index is 12.8. The second kappa shape index (κ2) is 36.3. The average molecular weight is 1990 g/mol. The van der Waals surface area contributed by atoms with Crippen molar-refractivity contribution in [3.8, 4) is 0 Å². The Morgan fingerprint density at radius 1 is 0.446 bits per heavy atom. The average Bonchev–Trinajstić information content (AvgIpc) is 1.59. The van der Waals surface area contributed by atoms with Crippen LogP contribution in [0.2, 0.25) is 0 Å². The number of hydrogen-bond donors (Lipinski definition) is 7. The van der Waals surface area contributed by atoms with E-state index in [0.29, 0.717) is 50.5 Å². The molecule has 37 heteroatoms. The van der Waals surface area contributed by atoms with Crippen LogP contribution in [-0.4, -0.2) is 74.2 Å². The van der Waals surface area contributed by atoms with E-state index in [-0.39, 0.29) is 75.1 Å². The van der Waals surface area contributed by atoms with E-state index in [9.17, 15) is 71.2 Å². The minimum atomic E-state index is -4.57.